The molecule has 0 saturated carbocycles. The van der Waals surface area contributed by atoms with E-state index in [4.69, 9.17) is 16.1 Å². The summed E-state index contributed by atoms with van der Waals surface area (Å²) in [6.07, 6.45) is 5.62. The fourth-order valence-electron chi connectivity index (χ4n) is 4.58. The highest BCUT2D eigenvalue weighted by molar-refractivity contribution is 6.30. The fraction of sp³-hybridized carbons (Fsp3) is 0.333. The number of aromatic nitrogens is 4. The molecule has 2 aromatic heterocycles. The highest BCUT2D eigenvalue weighted by atomic mass is 35.5. The normalized spacial score (nSPS) is 16.2. The number of nitrogens with zero attached hydrogens (tertiary/aromatic N) is 5. The number of aryl methyl sites for hydroxylation is 1. The third-order valence-corrected chi connectivity index (χ3v) is 6.79. The van der Waals surface area contributed by atoms with Crippen molar-refractivity contribution >= 4 is 17.5 Å². The molecule has 186 valence electrons. The zero-order valence-corrected chi connectivity index (χ0v) is 21.0. The molecule has 5 rings (SSSR count). The Bertz CT molecular complexity index is 1320. The van der Waals surface area contributed by atoms with Gasteiger partial charge in [-0.15, -0.1) is 0 Å². The average molecular weight is 505 g/mol. The van der Waals surface area contributed by atoms with Crippen LogP contribution in [0.3, 0.4) is 0 Å². The Morgan fingerprint density at radius 3 is 2.81 bits per heavy atom. The van der Waals surface area contributed by atoms with Crippen molar-refractivity contribution in [2.75, 3.05) is 13.1 Å². The number of likely N-dealkylation sites (tertiary alicyclic amines) is 1. The molecule has 0 aliphatic carbocycles. The van der Waals surface area contributed by atoms with Crippen LogP contribution in [0.5, 0.6) is 0 Å². The van der Waals surface area contributed by atoms with Crippen molar-refractivity contribution < 1.29 is 9.32 Å². The molecule has 1 aliphatic heterocycles. The molecule has 0 radical (unpaired) electrons. The molecule has 3 heterocycles. The molecule has 9 heteroatoms. The topological polar surface area (TPSA) is 89.1 Å². The first kappa shape index (κ1) is 24.2. The number of hydrogen-bond donors (Lipinski definition) is 1. The molecule has 1 amide bonds. The molecular formula is C27H29ClN6O2. The summed E-state index contributed by atoms with van der Waals surface area (Å²) in [5, 5.41) is 7.89. The van der Waals surface area contributed by atoms with Gasteiger partial charge in [-0.3, -0.25) is 9.69 Å². The Morgan fingerprint density at radius 1 is 1.17 bits per heavy atom. The van der Waals surface area contributed by atoms with Crippen LogP contribution in [0.2, 0.25) is 5.02 Å². The molecule has 36 heavy (non-hydrogen) atoms. The molecule has 2 aromatic carbocycles. The predicted molar refractivity (Wildman–Crippen MR) is 137 cm³/mol. The first-order chi connectivity index (χ1) is 17.5. The maximum Gasteiger partial charge on any atom is 0.241 e. The third-order valence-electron chi connectivity index (χ3n) is 6.54. The van der Waals surface area contributed by atoms with Gasteiger partial charge in [-0.1, -0.05) is 41.0 Å². The van der Waals surface area contributed by atoms with Crippen LogP contribution in [-0.2, 0) is 24.4 Å². The standard InChI is InChI=1S/C27H29ClN6O2/c1-19-29-11-13-34(19)16-21-5-2-4-20(14-21)15-30-27(35)23-6-3-12-33(17-23)18-25-31-26(32-36-25)22-7-9-24(28)10-8-22/h2,4-5,7-11,13-14,23H,3,6,12,15-18H2,1H3,(H,30,35). The van der Waals surface area contributed by atoms with Gasteiger partial charge in [0.05, 0.1) is 12.5 Å². The van der Waals surface area contributed by atoms with Crippen LogP contribution < -0.4 is 5.32 Å². The van der Waals surface area contributed by atoms with E-state index >= 15 is 0 Å². The van der Waals surface area contributed by atoms with Gasteiger partial charge in [-0.05, 0) is 61.7 Å². The summed E-state index contributed by atoms with van der Waals surface area (Å²) in [6, 6.07) is 15.7. The van der Waals surface area contributed by atoms with Crippen molar-refractivity contribution in [2.45, 2.75) is 39.4 Å². The van der Waals surface area contributed by atoms with Gasteiger partial charge in [-0.2, -0.15) is 4.98 Å². The maximum atomic E-state index is 13.0. The second kappa shape index (κ2) is 11.1. The number of imidazole rings is 1. The number of nitrogens with one attached hydrogen (secondary N) is 1. The average Bonchev–Trinajstić information content (AvgIpc) is 3.52. The maximum absolute atomic E-state index is 13.0. The third kappa shape index (κ3) is 6.01. The minimum Gasteiger partial charge on any atom is -0.352 e. The Labute approximate surface area is 215 Å². The zero-order chi connectivity index (χ0) is 24.9. The zero-order valence-electron chi connectivity index (χ0n) is 20.2. The lowest BCUT2D eigenvalue weighted by atomic mass is 9.97. The van der Waals surface area contributed by atoms with Crippen LogP contribution in [-0.4, -0.2) is 43.6 Å². The molecular weight excluding hydrogens is 476 g/mol. The first-order valence-corrected chi connectivity index (χ1v) is 12.6. The lowest BCUT2D eigenvalue weighted by Gasteiger charge is -2.30. The van der Waals surface area contributed by atoms with Crippen molar-refractivity contribution in [3.05, 3.63) is 88.8 Å². The van der Waals surface area contributed by atoms with E-state index in [1.165, 1.54) is 5.56 Å². The van der Waals surface area contributed by atoms with E-state index in [9.17, 15) is 4.79 Å². The summed E-state index contributed by atoms with van der Waals surface area (Å²) in [4.78, 5) is 24.0. The lowest BCUT2D eigenvalue weighted by Crippen LogP contribution is -2.42. The van der Waals surface area contributed by atoms with Crippen LogP contribution in [0.15, 0.2) is 65.4 Å². The van der Waals surface area contributed by atoms with Gasteiger partial charge >= 0.3 is 0 Å². The molecule has 1 fully saturated rings. The molecule has 8 nitrogen and oxygen atoms in total. The number of carbonyl (C=O) groups is 1. The molecule has 0 bridgehead atoms. The number of carbonyl (C=O) groups excluding carboxylic acids is 1. The van der Waals surface area contributed by atoms with Gasteiger partial charge in [0.25, 0.3) is 0 Å². The minimum atomic E-state index is -0.0609. The van der Waals surface area contributed by atoms with E-state index in [-0.39, 0.29) is 11.8 Å². The van der Waals surface area contributed by atoms with Gasteiger partial charge in [0.15, 0.2) is 0 Å². The monoisotopic (exact) mass is 504 g/mol. The van der Waals surface area contributed by atoms with Crippen LogP contribution >= 0.6 is 11.6 Å². The van der Waals surface area contributed by atoms with Crippen LogP contribution in [0.4, 0.5) is 0 Å². The first-order valence-electron chi connectivity index (χ1n) is 12.2. The van der Waals surface area contributed by atoms with E-state index in [0.717, 1.165) is 42.9 Å². The van der Waals surface area contributed by atoms with E-state index in [2.05, 4.69) is 42.0 Å². The van der Waals surface area contributed by atoms with Crippen molar-refractivity contribution in [2.24, 2.45) is 5.92 Å². The summed E-state index contributed by atoms with van der Waals surface area (Å²) >= 11 is 5.96. The molecule has 1 saturated heterocycles. The Balaban J connectivity index is 1.13. The number of rotatable bonds is 8. The molecule has 1 atom stereocenters. The summed E-state index contributed by atoms with van der Waals surface area (Å²) < 4.78 is 7.57. The largest absolute Gasteiger partial charge is 0.352 e. The Morgan fingerprint density at radius 2 is 2.00 bits per heavy atom. The van der Waals surface area contributed by atoms with Gasteiger partial charge in [0, 0.05) is 42.6 Å². The molecule has 1 aliphatic rings. The second-order valence-corrected chi connectivity index (χ2v) is 9.67. The van der Waals surface area contributed by atoms with E-state index in [1.54, 1.807) is 12.1 Å². The second-order valence-electron chi connectivity index (χ2n) is 9.23. The number of halogens is 1. The lowest BCUT2D eigenvalue weighted by molar-refractivity contribution is -0.127. The van der Waals surface area contributed by atoms with Crippen molar-refractivity contribution in [1.29, 1.82) is 0 Å². The fourth-order valence-corrected chi connectivity index (χ4v) is 4.70. The number of benzene rings is 2. The van der Waals surface area contributed by atoms with E-state index in [0.29, 0.717) is 36.4 Å². The van der Waals surface area contributed by atoms with Crippen LogP contribution in [0.1, 0.15) is 35.7 Å². The van der Waals surface area contributed by atoms with E-state index < -0.39 is 0 Å². The molecule has 1 unspecified atom stereocenters. The summed E-state index contributed by atoms with van der Waals surface area (Å²) in [5.41, 5.74) is 3.13. The van der Waals surface area contributed by atoms with Crippen LogP contribution in [0, 0.1) is 12.8 Å². The van der Waals surface area contributed by atoms with Crippen molar-refractivity contribution in [3.63, 3.8) is 0 Å². The van der Waals surface area contributed by atoms with Crippen molar-refractivity contribution in [1.82, 2.24) is 29.9 Å². The number of amides is 1. The summed E-state index contributed by atoms with van der Waals surface area (Å²) in [7, 11) is 0. The minimum absolute atomic E-state index is 0.0609. The van der Waals surface area contributed by atoms with Gasteiger partial charge in [0.1, 0.15) is 5.82 Å². The molecule has 1 N–H and O–H groups in total. The smallest absolute Gasteiger partial charge is 0.241 e. The van der Waals surface area contributed by atoms with Gasteiger partial charge in [-0.25, -0.2) is 4.98 Å². The molecule has 4 aromatic rings. The highest BCUT2D eigenvalue weighted by Gasteiger charge is 2.27. The SMILES string of the molecule is Cc1nccn1Cc1cccc(CNC(=O)C2CCCN(Cc3nc(-c4ccc(Cl)cc4)no3)C2)c1. The highest BCUT2D eigenvalue weighted by Crippen LogP contribution is 2.22. The Hall–Kier alpha value is -3.49. The van der Waals surface area contributed by atoms with Gasteiger partial charge in [0.2, 0.25) is 17.6 Å². The molecule has 0 spiro atoms. The summed E-state index contributed by atoms with van der Waals surface area (Å²) in [6.45, 7) is 5.37. The number of hydrogen-bond acceptors (Lipinski definition) is 6. The van der Waals surface area contributed by atoms with Crippen molar-refractivity contribution in [3.8, 4) is 11.4 Å². The van der Waals surface area contributed by atoms with Crippen LogP contribution in [0.25, 0.3) is 11.4 Å². The number of piperidine rings is 1. The van der Waals surface area contributed by atoms with E-state index in [1.807, 2.05) is 43.6 Å². The summed E-state index contributed by atoms with van der Waals surface area (Å²) in [5.74, 6) is 2.10. The predicted octanol–water partition coefficient (Wildman–Crippen LogP) is 4.47. The van der Waals surface area contributed by atoms with Gasteiger partial charge < -0.3 is 14.4 Å². The Kier molecular flexibility index (Phi) is 7.44. The quantitative estimate of drug-likeness (QED) is 0.381.